The quantitative estimate of drug-likeness (QED) is 0.621. The number of benzene rings is 1. The summed E-state index contributed by atoms with van der Waals surface area (Å²) in [6.07, 6.45) is 1.35. The minimum atomic E-state index is -0.334. The number of ketones is 2. The van der Waals surface area contributed by atoms with E-state index in [0.29, 0.717) is 30.4 Å². The molecular formula is C23H27NO5S. The monoisotopic (exact) mass is 429 g/mol. The maximum Gasteiger partial charge on any atom is 0.228 e. The number of amides is 1. The van der Waals surface area contributed by atoms with E-state index in [-0.39, 0.29) is 29.0 Å². The zero-order valence-corrected chi connectivity index (χ0v) is 18.5. The summed E-state index contributed by atoms with van der Waals surface area (Å²) in [5.74, 6) is 1.37. The highest BCUT2D eigenvalue weighted by Crippen LogP contribution is 2.29. The van der Waals surface area contributed by atoms with E-state index in [9.17, 15) is 14.4 Å². The smallest absolute Gasteiger partial charge is 0.228 e. The van der Waals surface area contributed by atoms with Gasteiger partial charge in [0.25, 0.3) is 0 Å². The van der Waals surface area contributed by atoms with Crippen molar-refractivity contribution in [3.8, 4) is 0 Å². The van der Waals surface area contributed by atoms with Crippen molar-refractivity contribution in [2.75, 3.05) is 38.8 Å². The highest BCUT2D eigenvalue weighted by molar-refractivity contribution is 7.99. The number of aryl methyl sites for hydroxylation is 1. The number of hydrogen-bond donors (Lipinski definition) is 0. The van der Waals surface area contributed by atoms with Crippen LogP contribution in [0.5, 0.6) is 0 Å². The van der Waals surface area contributed by atoms with Crippen LogP contribution in [0.15, 0.2) is 46.9 Å². The van der Waals surface area contributed by atoms with Gasteiger partial charge in [-0.2, -0.15) is 11.8 Å². The Morgan fingerprint density at radius 1 is 1.00 bits per heavy atom. The number of ether oxygens (including phenoxy) is 2. The fourth-order valence-electron chi connectivity index (χ4n) is 3.78. The van der Waals surface area contributed by atoms with E-state index >= 15 is 0 Å². The highest BCUT2D eigenvalue weighted by atomic mass is 32.2. The molecule has 1 aliphatic heterocycles. The maximum atomic E-state index is 12.9. The fourth-order valence-corrected chi connectivity index (χ4v) is 4.68. The van der Waals surface area contributed by atoms with Crippen LogP contribution in [0.25, 0.3) is 0 Å². The number of thioether (sulfide) groups is 1. The zero-order chi connectivity index (χ0) is 21.7. The molecule has 1 fully saturated rings. The van der Waals surface area contributed by atoms with Gasteiger partial charge in [0.15, 0.2) is 0 Å². The molecule has 0 radical (unpaired) electrons. The molecule has 0 saturated carbocycles. The van der Waals surface area contributed by atoms with Gasteiger partial charge in [0.05, 0.1) is 14.2 Å². The number of carbonyl (C=O) groups excluding carboxylic acids is 3. The second-order valence-electron chi connectivity index (χ2n) is 7.27. The Bertz CT molecular complexity index is 912. The molecule has 6 nitrogen and oxygen atoms in total. The standard InChI is InChI=1S/C23H27NO5S/c1-15-18(21(27)23(29-3)22(28-2)20(15)26)14-17-7-5-4-6-16(17)8-9-19(25)24-10-12-30-13-11-24/h4-7H,8-14H2,1-3H3. The predicted molar refractivity (Wildman–Crippen MR) is 116 cm³/mol. The van der Waals surface area contributed by atoms with Crippen molar-refractivity contribution in [3.63, 3.8) is 0 Å². The Morgan fingerprint density at radius 2 is 1.60 bits per heavy atom. The number of carbonyl (C=O) groups is 3. The van der Waals surface area contributed by atoms with Crippen molar-refractivity contribution >= 4 is 29.2 Å². The van der Waals surface area contributed by atoms with Crippen LogP contribution in [0.3, 0.4) is 0 Å². The third-order valence-corrected chi connectivity index (χ3v) is 6.49. The van der Waals surface area contributed by atoms with Crippen LogP contribution in [-0.2, 0) is 36.7 Å². The SMILES string of the molecule is COC1=C(OC)C(=O)C(Cc2ccccc2CCC(=O)N2CCSCC2)=C(C)C1=O. The number of nitrogens with zero attached hydrogens (tertiary/aromatic N) is 1. The first-order chi connectivity index (χ1) is 14.5. The van der Waals surface area contributed by atoms with Crippen LogP contribution in [0, 0.1) is 0 Å². The first kappa shape index (κ1) is 22.2. The molecule has 0 N–H and O–H groups in total. The van der Waals surface area contributed by atoms with Gasteiger partial charge >= 0.3 is 0 Å². The van der Waals surface area contributed by atoms with Gasteiger partial charge in [0.1, 0.15) is 0 Å². The van der Waals surface area contributed by atoms with Crippen molar-refractivity contribution < 1.29 is 23.9 Å². The molecule has 1 aromatic rings. The van der Waals surface area contributed by atoms with Gasteiger partial charge in [-0.05, 0) is 24.5 Å². The molecule has 0 bridgehead atoms. The van der Waals surface area contributed by atoms with E-state index in [2.05, 4.69) is 0 Å². The highest BCUT2D eigenvalue weighted by Gasteiger charge is 2.34. The number of hydrogen-bond acceptors (Lipinski definition) is 6. The second-order valence-corrected chi connectivity index (χ2v) is 8.49. The van der Waals surface area contributed by atoms with E-state index < -0.39 is 0 Å². The summed E-state index contributed by atoms with van der Waals surface area (Å²) in [5.41, 5.74) is 2.73. The molecule has 160 valence electrons. The molecule has 1 heterocycles. The first-order valence-corrected chi connectivity index (χ1v) is 11.2. The number of methoxy groups -OCH3 is 2. The number of Topliss-reactive ketones (excluding diaryl/α,β-unsaturated/α-hetero) is 2. The van der Waals surface area contributed by atoms with Crippen molar-refractivity contribution in [3.05, 3.63) is 58.1 Å². The molecule has 0 atom stereocenters. The van der Waals surface area contributed by atoms with E-state index in [4.69, 9.17) is 9.47 Å². The summed E-state index contributed by atoms with van der Waals surface area (Å²) < 4.78 is 10.3. The summed E-state index contributed by atoms with van der Waals surface area (Å²) in [6.45, 7) is 3.26. The van der Waals surface area contributed by atoms with Crippen LogP contribution in [0.2, 0.25) is 0 Å². The fraction of sp³-hybridized carbons (Fsp3) is 0.435. The molecule has 1 amide bonds. The van der Waals surface area contributed by atoms with E-state index in [1.165, 1.54) is 14.2 Å². The third kappa shape index (κ3) is 4.61. The summed E-state index contributed by atoms with van der Waals surface area (Å²) in [4.78, 5) is 40.0. The van der Waals surface area contributed by atoms with Gasteiger partial charge in [-0.1, -0.05) is 24.3 Å². The molecule has 3 rings (SSSR count). The second kappa shape index (κ2) is 9.98. The van der Waals surface area contributed by atoms with Gasteiger partial charge in [-0.3, -0.25) is 14.4 Å². The largest absolute Gasteiger partial charge is 0.489 e. The Balaban J connectivity index is 1.77. The molecule has 1 saturated heterocycles. The lowest BCUT2D eigenvalue weighted by Gasteiger charge is -2.26. The number of allylic oxidation sites excluding steroid dienone is 2. The topological polar surface area (TPSA) is 72.9 Å². The summed E-state index contributed by atoms with van der Waals surface area (Å²) in [7, 11) is 2.71. The van der Waals surface area contributed by atoms with Crippen molar-refractivity contribution in [1.82, 2.24) is 4.90 Å². The van der Waals surface area contributed by atoms with Crippen molar-refractivity contribution in [2.45, 2.75) is 26.2 Å². The van der Waals surface area contributed by atoms with E-state index in [0.717, 1.165) is 35.7 Å². The van der Waals surface area contributed by atoms with Gasteiger partial charge in [-0.25, -0.2) is 0 Å². The summed E-state index contributed by atoms with van der Waals surface area (Å²) >= 11 is 1.88. The molecule has 7 heteroatoms. The van der Waals surface area contributed by atoms with Crippen LogP contribution in [-0.4, -0.2) is 61.2 Å². The van der Waals surface area contributed by atoms with E-state index in [1.54, 1.807) is 6.92 Å². The van der Waals surface area contributed by atoms with Gasteiger partial charge < -0.3 is 14.4 Å². The summed E-state index contributed by atoms with van der Waals surface area (Å²) in [5, 5.41) is 0. The van der Waals surface area contributed by atoms with Gasteiger partial charge in [0, 0.05) is 48.6 Å². The van der Waals surface area contributed by atoms with Crippen molar-refractivity contribution in [2.24, 2.45) is 0 Å². The van der Waals surface area contributed by atoms with E-state index in [1.807, 2.05) is 40.9 Å². The zero-order valence-electron chi connectivity index (χ0n) is 17.7. The molecule has 0 unspecified atom stereocenters. The average molecular weight is 430 g/mol. The molecule has 0 spiro atoms. The van der Waals surface area contributed by atoms with Gasteiger partial charge in [0.2, 0.25) is 29.0 Å². The Hall–Kier alpha value is -2.54. The van der Waals surface area contributed by atoms with Crippen LogP contribution >= 0.6 is 11.8 Å². The lowest BCUT2D eigenvalue weighted by molar-refractivity contribution is -0.130. The molecular weight excluding hydrogens is 402 g/mol. The molecule has 30 heavy (non-hydrogen) atoms. The average Bonchev–Trinajstić information content (AvgIpc) is 2.78. The van der Waals surface area contributed by atoms with Gasteiger partial charge in [-0.15, -0.1) is 0 Å². The maximum absolute atomic E-state index is 12.9. The first-order valence-electron chi connectivity index (χ1n) is 10.0. The Kier molecular flexibility index (Phi) is 7.37. The predicted octanol–water partition coefficient (Wildman–Crippen LogP) is 2.71. The normalized spacial score (nSPS) is 17.5. The third-order valence-electron chi connectivity index (χ3n) is 5.55. The number of rotatable bonds is 7. The Morgan fingerprint density at radius 3 is 2.23 bits per heavy atom. The summed E-state index contributed by atoms with van der Waals surface area (Å²) in [6, 6.07) is 7.76. The lowest BCUT2D eigenvalue weighted by atomic mass is 9.87. The lowest BCUT2D eigenvalue weighted by Crippen LogP contribution is -2.38. The Labute approximate surface area is 181 Å². The minimum absolute atomic E-state index is 0.0534. The van der Waals surface area contributed by atoms with Crippen molar-refractivity contribution in [1.29, 1.82) is 0 Å². The minimum Gasteiger partial charge on any atom is -0.489 e. The van der Waals surface area contributed by atoms with Crippen LogP contribution in [0.1, 0.15) is 24.5 Å². The molecule has 1 aliphatic carbocycles. The molecule has 0 aromatic heterocycles. The molecule has 1 aromatic carbocycles. The van der Waals surface area contributed by atoms with Crippen LogP contribution in [0.4, 0.5) is 0 Å². The molecule has 2 aliphatic rings. The van der Waals surface area contributed by atoms with Crippen LogP contribution < -0.4 is 0 Å².